The van der Waals surface area contributed by atoms with Crippen molar-refractivity contribution in [2.45, 2.75) is 144 Å². The number of primary amides is 1. The highest BCUT2D eigenvalue weighted by molar-refractivity contribution is 5.94. The van der Waals surface area contributed by atoms with Crippen molar-refractivity contribution < 1.29 is 38.4 Å². The number of nitrogens with two attached hydrogens (primary N) is 2. The Kier molecular flexibility index (Phi) is 27.9. The lowest BCUT2D eigenvalue weighted by molar-refractivity contribution is -0.152. The van der Waals surface area contributed by atoms with Gasteiger partial charge in [0.25, 0.3) is 0 Å². The summed E-state index contributed by atoms with van der Waals surface area (Å²) >= 11 is 0. The minimum absolute atomic E-state index is 0.0428. The molecule has 0 saturated heterocycles. The third-order valence-corrected chi connectivity index (χ3v) is 15.9. The Labute approximate surface area is 487 Å². The van der Waals surface area contributed by atoms with Gasteiger partial charge in [-0.15, -0.1) is 0 Å². The molecule has 0 heterocycles. The van der Waals surface area contributed by atoms with Crippen molar-refractivity contribution in [3.8, 4) is 0 Å². The van der Waals surface area contributed by atoms with Crippen LogP contribution in [0, 0.1) is 0 Å². The van der Waals surface area contributed by atoms with E-state index in [4.69, 9.17) is 11.5 Å². The number of hydrogen-bond donors (Lipinski definition) is 3. The molecule has 0 aromatic heterocycles. The van der Waals surface area contributed by atoms with Crippen LogP contribution in [-0.2, 0) is 38.4 Å². The second-order valence-corrected chi connectivity index (χ2v) is 21.4. The quantitative estimate of drug-likeness (QED) is 0.0405. The number of carbonyl (C=O) groups is 8. The van der Waals surface area contributed by atoms with Gasteiger partial charge in [-0.05, 0) is 116 Å². The number of nitrogens with one attached hydrogen (secondary N) is 1. The van der Waals surface area contributed by atoms with Gasteiger partial charge in [0.15, 0.2) is 0 Å². The second kappa shape index (κ2) is 34.1. The van der Waals surface area contributed by atoms with Crippen LogP contribution in [0.5, 0.6) is 0 Å². The summed E-state index contributed by atoms with van der Waals surface area (Å²) in [5.41, 5.74) is 14.3. The van der Waals surface area contributed by atoms with Gasteiger partial charge in [0.05, 0.1) is 37.3 Å². The van der Waals surface area contributed by atoms with Gasteiger partial charge in [0.1, 0.15) is 39.3 Å². The van der Waals surface area contributed by atoms with E-state index in [2.05, 4.69) is 5.32 Å². The zero-order chi connectivity index (χ0) is 60.5. The van der Waals surface area contributed by atoms with E-state index in [9.17, 15) is 19.2 Å². The Balaban J connectivity index is 1.73. The molecular weight excluding hydrogens is 1040 g/mol. The van der Waals surface area contributed by atoms with Crippen LogP contribution < -0.4 is 16.8 Å². The monoisotopic (exact) mass is 1130 g/mol. The Bertz CT molecular complexity index is 2650. The number of rotatable bonds is 34. The van der Waals surface area contributed by atoms with Crippen LogP contribution in [0.1, 0.15) is 148 Å². The predicted molar refractivity (Wildman–Crippen MR) is 321 cm³/mol. The SMILES string of the molecule is CC[C@H](C)N(CC(=O)N(CC(=O)N(CC(=O)N(CC(=O)N(CC(=O)N(CC(=O)N(CC(N)=O)[C@@H](C)c1ccccc1)[C@@H](C)c1ccccc1)[C@@H](C)CC)[C@@H](C)c1ccccc1)[C@@H](C)c1ccccc1)[C@@H](C)CC)C(=O)CNCCCCN. The Morgan fingerprint density at radius 2 is 0.610 bits per heavy atom. The van der Waals surface area contributed by atoms with Crippen molar-refractivity contribution in [3.63, 3.8) is 0 Å². The number of nitrogens with zero attached hydrogens (tertiary/aromatic N) is 7. The molecule has 0 aliphatic rings. The largest absolute Gasteiger partial charge is 0.368 e. The summed E-state index contributed by atoms with van der Waals surface area (Å²) in [5, 5.41) is 3.17. The number of unbranched alkanes of at least 4 members (excludes halogenated alkanes) is 1. The predicted octanol–water partition coefficient (Wildman–Crippen LogP) is 7.04. The molecule has 18 heteroatoms. The number of hydrogen-bond acceptors (Lipinski definition) is 10. The van der Waals surface area contributed by atoms with E-state index in [1.54, 1.807) is 25.7 Å². The summed E-state index contributed by atoms with van der Waals surface area (Å²) < 4.78 is 0. The summed E-state index contributed by atoms with van der Waals surface area (Å²) in [6, 6.07) is 33.0. The summed E-state index contributed by atoms with van der Waals surface area (Å²) in [6.45, 7) is 16.8. The molecule has 0 unspecified atom stereocenters. The van der Waals surface area contributed by atoms with E-state index in [1.165, 1.54) is 29.4 Å². The Morgan fingerprint density at radius 1 is 0.366 bits per heavy atom. The first kappa shape index (κ1) is 67.1. The summed E-state index contributed by atoms with van der Waals surface area (Å²) in [7, 11) is 0. The van der Waals surface area contributed by atoms with Crippen LogP contribution in [0.25, 0.3) is 0 Å². The topological polar surface area (TPSA) is 223 Å². The van der Waals surface area contributed by atoms with E-state index in [0.717, 1.165) is 35.1 Å². The van der Waals surface area contributed by atoms with E-state index >= 15 is 19.2 Å². The van der Waals surface area contributed by atoms with Gasteiger partial charge in [-0.2, -0.15) is 0 Å². The van der Waals surface area contributed by atoms with Crippen molar-refractivity contribution in [3.05, 3.63) is 144 Å². The molecule has 0 aliphatic carbocycles. The maximum atomic E-state index is 15.4. The molecule has 5 N–H and O–H groups in total. The van der Waals surface area contributed by atoms with Crippen LogP contribution >= 0.6 is 0 Å². The summed E-state index contributed by atoms with van der Waals surface area (Å²) in [5.74, 6) is -4.05. The number of carbonyl (C=O) groups excluding carboxylic acids is 8. The van der Waals surface area contributed by atoms with E-state index in [0.29, 0.717) is 32.4 Å². The Hall–Kier alpha value is -7.44. The van der Waals surface area contributed by atoms with Gasteiger partial charge in [0.2, 0.25) is 47.3 Å². The lowest BCUT2D eigenvalue weighted by atomic mass is 10.0. The fourth-order valence-corrected chi connectivity index (χ4v) is 9.82. The number of benzene rings is 4. The first-order valence-electron chi connectivity index (χ1n) is 29.1. The van der Waals surface area contributed by atoms with Gasteiger partial charge in [-0.1, -0.05) is 142 Å². The highest BCUT2D eigenvalue weighted by Gasteiger charge is 2.37. The van der Waals surface area contributed by atoms with Gasteiger partial charge >= 0.3 is 0 Å². The summed E-state index contributed by atoms with van der Waals surface area (Å²) in [4.78, 5) is 126. The summed E-state index contributed by atoms with van der Waals surface area (Å²) in [6.07, 6.45) is 3.17. The molecule has 4 aromatic carbocycles. The first-order chi connectivity index (χ1) is 39.2. The van der Waals surface area contributed by atoms with Gasteiger partial charge in [-0.25, -0.2) is 0 Å². The maximum absolute atomic E-state index is 15.4. The second-order valence-electron chi connectivity index (χ2n) is 21.4. The molecule has 0 aliphatic heterocycles. The van der Waals surface area contributed by atoms with Crippen molar-refractivity contribution in [1.29, 1.82) is 0 Å². The molecule has 446 valence electrons. The molecule has 18 nitrogen and oxygen atoms in total. The first-order valence-corrected chi connectivity index (χ1v) is 29.1. The third-order valence-electron chi connectivity index (χ3n) is 15.9. The smallest absolute Gasteiger partial charge is 0.243 e. The van der Waals surface area contributed by atoms with Gasteiger partial charge < -0.3 is 51.1 Å². The highest BCUT2D eigenvalue weighted by Crippen LogP contribution is 2.28. The number of amides is 8. The van der Waals surface area contributed by atoms with Crippen molar-refractivity contribution >= 4 is 47.3 Å². The molecule has 8 amide bonds. The van der Waals surface area contributed by atoms with E-state index in [1.807, 2.05) is 170 Å². The van der Waals surface area contributed by atoms with Crippen LogP contribution in [-0.4, -0.2) is 165 Å². The van der Waals surface area contributed by atoms with Crippen molar-refractivity contribution in [2.75, 3.05) is 65.4 Å². The average molecular weight is 1130 g/mol. The van der Waals surface area contributed by atoms with Crippen LogP contribution in [0.4, 0.5) is 0 Å². The molecule has 0 spiro atoms. The third kappa shape index (κ3) is 19.6. The minimum Gasteiger partial charge on any atom is -0.368 e. The lowest BCUT2D eigenvalue weighted by Gasteiger charge is -2.38. The molecule has 0 radical (unpaired) electrons. The minimum atomic E-state index is -0.722. The zero-order valence-electron chi connectivity index (χ0n) is 50.2. The maximum Gasteiger partial charge on any atom is 0.243 e. The normalized spacial score (nSPS) is 13.7. The lowest BCUT2D eigenvalue weighted by Crippen LogP contribution is -2.55. The molecule has 0 bridgehead atoms. The fourth-order valence-electron chi connectivity index (χ4n) is 9.82. The molecular formula is C64H92N10O8. The van der Waals surface area contributed by atoms with Gasteiger partial charge in [-0.3, -0.25) is 38.4 Å². The molecule has 82 heavy (non-hydrogen) atoms. The van der Waals surface area contributed by atoms with Crippen LogP contribution in [0.15, 0.2) is 121 Å². The van der Waals surface area contributed by atoms with Crippen LogP contribution in [0.2, 0.25) is 0 Å². The molecule has 4 rings (SSSR count). The molecule has 0 saturated carbocycles. The standard InChI is InChI=1S/C64H92N10O8/c1-11-46(4)68(58(76)38-67-37-27-26-36-65)40-59(77)69(47(5)12-2)41-61(79)74(52(10)56-34-24-17-25-35-56)45-64(82)72(50(8)54-30-20-15-21-31-54)43-60(78)70(48(6)13-3)42-62(80)73(51(9)55-32-22-16-23-33-55)44-63(81)71(39-57(66)75)49(7)53-28-18-14-19-29-53/h14-25,28-35,46-52,67H,11-13,26-27,36-45,65H2,1-10H3,(H2,66,75)/t46-,47-,48-,49-,50-,51-,52-/m0/s1. The zero-order valence-corrected chi connectivity index (χ0v) is 50.2. The van der Waals surface area contributed by atoms with E-state index < -0.39 is 110 Å². The Morgan fingerprint density at radius 3 is 0.866 bits per heavy atom. The highest BCUT2D eigenvalue weighted by atomic mass is 16.2. The van der Waals surface area contributed by atoms with Crippen LogP contribution in [0.3, 0.4) is 0 Å². The van der Waals surface area contributed by atoms with Crippen molar-refractivity contribution in [1.82, 2.24) is 39.6 Å². The average Bonchev–Trinajstić information content (AvgIpc) is 3.70. The van der Waals surface area contributed by atoms with E-state index in [-0.39, 0.29) is 31.6 Å². The van der Waals surface area contributed by atoms with Gasteiger partial charge in [0, 0.05) is 18.1 Å². The molecule has 0 fully saturated rings. The fraction of sp³-hybridized carbons (Fsp3) is 0.500. The molecule has 7 atom stereocenters. The molecule has 4 aromatic rings. The van der Waals surface area contributed by atoms with Crippen molar-refractivity contribution in [2.24, 2.45) is 11.5 Å².